The molecule has 0 spiro atoms. The highest BCUT2D eigenvalue weighted by atomic mass is 16.2. The van der Waals surface area contributed by atoms with Crippen LogP contribution in [0.15, 0.2) is 25.0 Å². The molecule has 0 N–H and O–H groups in total. The number of hydrogen-bond donors (Lipinski definition) is 0. The van der Waals surface area contributed by atoms with Crippen molar-refractivity contribution < 1.29 is 4.79 Å². The highest BCUT2D eigenvalue weighted by Crippen LogP contribution is 2.27. The molecule has 1 saturated carbocycles. The van der Waals surface area contributed by atoms with E-state index in [4.69, 9.17) is 0 Å². The van der Waals surface area contributed by atoms with Gasteiger partial charge in [-0.05, 0) is 25.7 Å². The summed E-state index contributed by atoms with van der Waals surface area (Å²) in [5, 5.41) is 4.12. The third-order valence-corrected chi connectivity index (χ3v) is 5.93. The molecule has 8 nitrogen and oxygen atoms in total. The molecular weight excluding hydrogens is 342 g/mol. The zero-order chi connectivity index (χ0) is 18.6. The Morgan fingerprint density at radius 3 is 2.48 bits per heavy atom. The Bertz CT molecular complexity index is 749. The van der Waals surface area contributed by atoms with Gasteiger partial charge in [-0.2, -0.15) is 5.10 Å². The van der Waals surface area contributed by atoms with Gasteiger partial charge in [-0.3, -0.25) is 4.79 Å². The first-order chi connectivity index (χ1) is 13.2. The summed E-state index contributed by atoms with van der Waals surface area (Å²) in [6.07, 6.45) is 12.6. The van der Waals surface area contributed by atoms with E-state index >= 15 is 0 Å². The van der Waals surface area contributed by atoms with E-state index < -0.39 is 0 Å². The van der Waals surface area contributed by atoms with Gasteiger partial charge < -0.3 is 9.80 Å². The van der Waals surface area contributed by atoms with Crippen LogP contribution in [0.25, 0.3) is 5.82 Å². The van der Waals surface area contributed by atoms with Gasteiger partial charge in [0.2, 0.25) is 5.91 Å². The molecule has 2 aromatic heterocycles. The van der Waals surface area contributed by atoms with Crippen LogP contribution in [0.3, 0.4) is 0 Å². The Morgan fingerprint density at radius 1 is 1.04 bits per heavy atom. The summed E-state index contributed by atoms with van der Waals surface area (Å²) < 4.78 is 1.63. The minimum absolute atomic E-state index is 0.129. The average Bonchev–Trinajstić information content (AvgIpc) is 3.29. The molecule has 0 atom stereocenters. The number of anilines is 1. The van der Waals surface area contributed by atoms with Gasteiger partial charge >= 0.3 is 0 Å². The van der Waals surface area contributed by atoms with Crippen molar-refractivity contribution in [3.63, 3.8) is 0 Å². The summed E-state index contributed by atoms with van der Waals surface area (Å²) >= 11 is 0. The van der Waals surface area contributed by atoms with Crippen molar-refractivity contribution in [2.24, 2.45) is 5.92 Å². The molecule has 2 fully saturated rings. The quantitative estimate of drug-likeness (QED) is 0.821. The first kappa shape index (κ1) is 17.9. The molecule has 3 heterocycles. The minimum atomic E-state index is 0.129. The van der Waals surface area contributed by atoms with Crippen LogP contribution in [-0.4, -0.2) is 61.7 Å². The van der Waals surface area contributed by atoms with Crippen molar-refractivity contribution in [1.82, 2.24) is 29.6 Å². The summed E-state index contributed by atoms with van der Waals surface area (Å²) in [6, 6.07) is 2.36. The average molecular weight is 369 g/mol. The number of carbonyl (C=O) groups excluding carboxylic acids is 1. The Hall–Kier alpha value is -2.51. The van der Waals surface area contributed by atoms with Crippen molar-refractivity contribution in [1.29, 1.82) is 0 Å². The number of hydrogen-bond acceptors (Lipinski definition) is 6. The fraction of sp³-hybridized carbons (Fsp3) is 0.632. The van der Waals surface area contributed by atoms with Crippen molar-refractivity contribution in [2.45, 2.75) is 51.0 Å². The lowest BCUT2D eigenvalue weighted by atomic mass is 9.91. The van der Waals surface area contributed by atoms with Crippen LogP contribution in [0.4, 0.5) is 5.82 Å². The zero-order valence-electron chi connectivity index (χ0n) is 15.9. The van der Waals surface area contributed by atoms with Crippen molar-refractivity contribution >= 4 is 11.7 Å². The van der Waals surface area contributed by atoms with Crippen LogP contribution in [0.5, 0.6) is 0 Å². The Morgan fingerprint density at radius 2 is 1.78 bits per heavy atom. The molecule has 0 radical (unpaired) electrons. The fourth-order valence-corrected chi connectivity index (χ4v) is 4.25. The maximum absolute atomic E-state index is 12.9. The van der Waals surface area contributed by atoms with E-state index in [1.54, 1.807) is 17.3 Å². The maximum atomic E-state index is 12.9. The first-order valence-corrected chi connectivity index (χ1v) is 9.91. The topological polar surface area (TPSA) is 80.0 Å². The van der Waals surface area contributed by atoms with E-state index in [9.17, 15) is 4.79 Å². The zero-order valence-corrected chi connectivity index (χ0v) is 15.9. The molecule has 1 aliphatic heterocycles. The molecule has 144 valence electrons. The van der Waals surface area contributed by atoms with Gasteiger partial charge in [-0.25, -0.2) is 19.6 Å². The Balaban J connectivity index is 1.36. The van der Waals surface area contributed by atoms with Crippen LogP contribution < -0.4 is 4.90 Å². The second kappa shape index (κ2) is 8.02. The summed E-state index contributed by atoms with van der Waals surface area (Å²) in [5.41, 5.74) is 0. The third-order valence-electron chi connectivity index (χ3n) is 5.93. The Labute approximate surface area is 159 Å². The maximum Gasteiger partial charge on any atom is 0.225 e. The van der Waals surface area contributed by atoms with E-state index in [1.807, 2.05) is 18.0 Å². The second-order valence-corrected chi connectivity index (χ2v) is 7.58. The molecule has 1 amide bonds. The van der Waals surface area contributed by atoms with Crippen molar-refractivity contribution in [3.8, 4) is 5.82 Å². The van der Waals surface area contributed by atoms with E-state index in [2.05, 4.69) is 25.0 Å². The molecule has 1 saturated heterocycles. The van der Waals surface area contributed by atoms with Crippen LogP contribution in [-0.2, 0) is 4.79 Å². The first-order valence-electron chi connectivity index (χ1n) is 9.91. The highest BCUT2D eigenvalue weighted by molar-refractivity contribution is 5.79. The fourth-order valence-electron chi connectivity index (χ4n) is 4.25. The molecule has 4 rings (SSSR count). The minimum Gasteiger partial charge on any atom is -0.356 e. The highest BCUT2D eigenvalue weighted by Gasteiger charge is 2.31. The van der Waals surface area contributed by atoms with Crippen LogP contribution in [0, 0.1) is 5.92 Å². The molecule has 2 aliphatic rings. The summed E-state index contributed by atoms with van der Waals surface area (Å²) in [4.78, 5) is 29.8. The molecule has 0 aromatic carbocycles. The normalized spacial score (nSPS) is 19.2. The lowest BCUT2D eigenvalue weighted by Crippen LogP contribution is -2.45. The standard InChI is InChI=1S/C19H27N7O/c1-24(16-5-3-2-4-6-16)19(27)15-7-9-25(10-8-15)17-11-18(22-13-21-17)26-14-20-12-23-26/h11-16H,2-10H2,1H3. The van der Waals surface area contributed by atoms with Crippen molar-refractivity contribution in [2.75, 3.05) is 25.0 Å². The van der Waals surface area contributed by atoms with Crippen LogP contribution in [0.2, 0.25) is 0 Å². The lowest BCUT2D eigenvalue weighted by molar-refractivity contribution is -0.137. The monoisotopic (exact) mass is 369 g/mol. The predicted molar refractivity (Wildman–Crippen MR) is 102 cm³/mol. The van der Waals surface area contributed by atoms with E-state index in [0.717, 1.165) is 44.6 Å². The molecule has 2 aromatic rings. The van der Waals surface area contributed by atoms with E-state index in [1.165, 1.54) is 25.6 Å². The van der Waals surface area contributed by atoms with E-state index in [-0.39, 0.29) is 5.92 Å². The van der Waals surface area contributed by atoms with E-state index in [0.29, 0.717) is 17.8 Å². The number of carbonyl (C=O) groups is 1. The number of rotatable bonds is 4. The summed E-state index contributed by atoms with van der Waals surface area (Å²) in [7, 11) is 2.00. The SMILES string of the molecule is CN(C(=O)C1CCN(c2cc(-n3cncn3)ncn2)CC1)C1CCCCC1. The molecule has 27 heavy (non-hydrogen) atoms. The summed E-state index contributed by atoms with van der Waals surface area (Å²) in [6.45, 7) is 1.67. The second-order valence-electron chi connectivity index (χ2n) is 7.58. The largest absolute Gasteiger partial charge is 0.356 e. The van der Waals surface area contributed by atoms with Gasteiger partial charge in [0.15, 0.2) is 5.82 Å². The van der Waals surface area contributed by atoms with Crippen LogP contribution >= 0.6 is 0 Å². The predicted octanol–water partition coefficient (Wildman–Crippen LogP) is 2.06. The molecule has 8 heteroatoms. The van der Waals surface area contributed by atoms with Gasteiger partial charge in [-0.15, -0.1) is 0 Å². The number of nitrogens with zero attached hydrogens (tertiary/aromatic N) is 7. The smallest absolute Gasteiger partial charge is 0.225 e. The third kappa shape index (κ3) is 3.94. The molecule has 0 bridgehead atoms. The summed E-state index contributed by atoms with van der Waals surface area (Å²) in [5.74, 6) is 2.03. The van der Waals surface area contributed by atoms with Gasteiger partial charge in [0.25, 0.3) is 0 Å². The van der Waals surface area contributed by atoms with Gasteiger partial charge in [0, 0.05) is 38.2 Å². The van der Waals surface area contributed by atoms with Gasteiger partial charge in [0.05, 0.1) is 0 Å². The van der Waals surface area contributed by atoms with Gasteiger partial charge in [-0.1, -0.05) is 19.3 Å². The van der Waals surface area contributed by atoms with Crippen molar-refractivity contribution in [3.05, 3.63) is 25.0 Å². The number of amides is 1. The molecular formula is C19H27N7O. The van der Waals surface area contributed by atoms with Gasteiger partial charge in [0.1, 0.15) is 24.8 Å². The lowest BCUT2D eigenvalue weighted by Gasteiger charge is -2.37. The number of aromatic nitrogens is 5. The Kier molecular flexibility index (Phi) is 5.31. The molecule has 1 aliphatic carbocycles. The molecule has 0 unspecified atom stereocenters. The number of piperidine rings is 1. The van der Waals surface area contributed by atoms with Crippen LogP contribution in [0.1, 0.15) is 44.9 Å².